The second-order valence-electron chi connectivity index (χ2n) is 9.48. The number of aromatic nitrogens is 1. The first kappa shape index (κ1) is 24.4. The summed E-state index contributed by atoms with van der Waals surface area (Å²) in [6.45, 7) is 4.57. The van der Waals surface area contributed by atoms with Gasteiger partial charge in [0.1, 0.15) is 5.82 Å². The van der Waals surface area contributed by atoms with Crippen molar-refractivity contribution in [2.75, 3.05) is 11.9 Å². The molecule has 37 heavy (non-hydrogen) atoms. The number of nitrogens with one attached hydrogen (secondary N) is 3. The Labute approximate surface area is 215 Å². The minimum absolute atomic E-state index is 0.0101. The summed E-state index contributed by atoms with van der Waals surface area (Å²) in [5.74, 6) is -0.573. The maximum absolute atomic E-state index is 14.7. The van der Waals surface area contributed by atoms with Crippen LogP contribution in [0.25, 0.3) is 16.7 Å². The summed E-state index contributed by atoms with van der Waals surface area (Å²) in [5, 5.41) is 9.37. The topological polar surface area (TPSA) is 83.1 Å². The minimum atomic E-state index is -0.336. The fourth-order valence-electron chi connectivity index (χ4n) is 5.13. The maximum atomic E-state index is 14.7. The molecule has 0 saturated heterocycles. The zero-order chi connectivity index (χ0) is 25.9. The predicted octanol–water partition coefficient (Wildman–Crippen LogP) is 4.85. The largest absolute Gasteiger partial charge is 0.382 e. The molecule has 2 aromatic carbocycles. The van der Waals surface area contributed by atoms with Gasteiger partial charge in [-0.1, -0.05) is 37.3 Å². The summed E-state index contributed by atoms with van der Waals surface area (Å²) in [5.41, 5.74) is 6.08. The van der Waals surface area contributed by atoms with E-state index in [1.165, 1.54) is 6.07 Å². The highest BCUT2D eigenvalue weighted by atomic mass is 19.1. The predicted molar refractivity (Wildman–Crippen MR) is 143 cm³/mol. The zero-order valence-electron chi connectivity index (χ0n) is 20.8. The number of nitrogens with zero attached hydrogens (tertiary/aromatic N) is 1. The van der Waals surface area contributed by atoms with Crippen LogP contribution in [0.1, 0.15) is 31.4 Å². The van der Waals surface area contributed by atoms with E-state index in [-0.39, 0.29) is 29.6 Å². The van der Waals surface area contributed by atoms with Gasteiger partial charge in [-0.25, -0.2) is 4.39 Å². The summed E-state index contributed by atoms with van der Waals surface area (Å²) < 4.78 is 14.7. The highest BCUT2D eigenvalue weighted by Gasteiger charge is 2.33. The third-order valence-electron chi connectivity index (χ3n) is 7.13. The molecule has 0 spiro atoms. The lowest BCUT2D eigenvalue weighted by Crippen LogP contribution is -2.28. The van der Waals surface area contributed by atoms with E-state index in [4.69, 9.17) is 0 Å². The van der Waals surface area contributed by atoms with Gasteiger partial charge in [-0.05, 0) is 60.4 Å². The van der Waals surface area contributed by atoms with Gasteiger partial charge in [-0.2, -0.15) is 0 Å². The van der Waals surface area contributed by atoms with Gasteiger partial charge in [0.05, 0.1) is 6.04 Å². The Morgan fingerprint density at radius 3 is 2.62 bits per heavy atom. The van der Waals surface area contributed by atoms with Crippen molar-refractivity contribution in [3.63, 3.8) is 0 Å². The van der Waals surface area contributed by atoms with E-state index in [1.54, 1.807) is 30.6 Å². The van der Waals surface area contributed by atoms with Crippen LogP contribution in [0.3, 0.4) is 0 Å². The van der Waals surface area contributed by atoms with E-state index in [1.807, 2.05) is 43.3 Å². The molecule has 7 heteroatoms. The number of amides is 2. The first-order valence-corrected chi connectivity index (χ1v) is 12.5. The summed E-state index contributed by atoms with van der Waals surface area (Å²) in [4.78, 5) is 29.7. The van der Waals surface area contributed by atoms with Crippen LogP contribution in [-0.4, -0.2) is 29.4 Å². The van der Waals surface area contributed by atoms with Gasteiger partial charge in [0.25, 0.3) is 5.91 Å². The molecule has 0 aliphatic carbocycles. The molecule has 3 heterocycles. The molecule has 2 amide bonds. The van der Waals surface area contributed by atoms with E-state index < -0.39 is 0 Å². The van der Waals surface area contributed by atoms with Crippen LogP contribution in [0.2, 0.25) is 0 Å². The van der Waals surface area contributed by atoms with Crippen molar-refractivity contribution in [3.05, 3.63) is 101 Å². The first-order valence-electron chi connectivity index (χ1n) is 12.5. The molecule has 2 unspecified atom stereocenters. The van der Waals surface area contributed by atoms with Crippen LogP contribution in [0.5, 0.6) is 0 Å². The fourth-order valence-corrected chi connectivity index (χ4v) is 5.13. The molecule has 0 radical (unpaired) electrons. The molecular weight excluding hydrogens is 467 g/mol. The van der Waals surface area contributed by atoms with Crippen LogP contribution in [-0.2, 0) is 16.0 Å². The summed E-state index contributed by atoms with van der Waals surface area (Å²) in [7, 11) is 0. The van der Waals surface area contributed by atoms with Gasteiger partial charge in [0.2, 0.25) is 5.91 Å². The highest BCUT2D eigenvalue weighted by molar-refractivity contribution is 6.33. The van der Waals surface area contributed by atoms with E-state index >= 15 is 0 Å². The second kappa shape index (κ2) is 10.4. The summed E-state index contributed by atoms with van der Waals surface area (Å²) in [6.07, 6.45) is 6.43. The van der Waals surface area contributed by atoms with Crippen LogP contribution < -0.4 is 16.0 Å². The smallest absolute Gasteiger partial charge is 0.256 e. The maximum Gasteiger partial charge on any atom is 0.256 e. The van der Waals surface area contributed by atoms with Gasteiger partial charge < -0.3 is 16.0 Å². The molecule has 6 nitrogen and oxygen atoms in total. The van der Waals surface area contributed by atoms with Gasteiger partial charge in [-0.15, -0.1) is 0 Å². The molecule has 0 bridgehead atoms. The Kier molecular flexibility index (Phi) is 6.86. The number of allylic oxidation sites excluding steroid dienone is 1. The van der Waals surface area contributed by atoms with Crippen molar-refractivity contribution in [1.29, 1.82) is 0 Å². The van der Waals surface area contributed by atoms with Crippen LogP contribution >= 0.6 is 0 Å². The van der Waals surface area contributed by atoms with Crippen LogP contribution in [0.15, 0.2) is 84.3 Å². The number of hydrogen-bond donors (Lipinski definition) is 3. The number of benzene rings is 2. The standard InChI is InChI=1S/C30H29FN4O2/c1-18-23(17-28(36)33-15-12-20-10-13-32-14-11-20)19(2)34-27(18)16-24-29-22(21-6-3-4-8-25(21)31)7-5-9-26(29)35-30(24)37/h3-11,13-14,16,18,27,34H,12,15,17H2,1-2H3,(H,33,36)(H,35,37)/b24-16-. The number of pyridine rings is 1. The molecular formula is C30H29FN4O2. The molecule has 3 aromatic rings. The first-order chi connectivity index (χ1) is 17.9. The second-order valence-corrected chi connectivity index (χ2v) is 9.48. The average Bonchev–Trinajstić information content (AvgIpc) is 3.35. The van der Waals surface area contributed by atoms with E-state index in [9.17, 15) is 14.0 Å². The number of rotatable bonds is 7. The Bertz CT molecular complexity index is 1410. The third kappa shape index (κ3) is 5.03. The molecule has 3 N–H and O–H groups in total. The minimum Gasteiger partial charge on any atom is -0.382 e. The molecule has 5 rings (SSSR count). The van der Waals surface area contributed by atoms with Gasteiger partial charge in [-0.3, -0.25) is 14.6 Å². The lowest BCUT2D eigenvalue weighted by Gasteiger charge is -2.17. The van der Waals surface area contributed by atoms with E-state index in [0.717, 1.165) is 23.3 Å². The van der Waals surface area contributed by atoms with Crippen LogP contribution in [0.4, 0.5) is 10.1 Å². The molecule has 2 aliphatic rings. The summed E-state index contributed by atoms with van der Waals surface area (Å²) in [6, 6.07) is 15.8. The van der Waals surface area contributed by atoms with Gasteiger partial charge in [0.15, 0.2) is 0 Å². The van der Waals surface area contributed by atoms with Gasteiger partial charge in [0, 0.05) is 59.4 Å². The molecule has 2 aliphatic heterocycles. The third-order valence-corrected chi connectivity index (χ3v) is 7.13. The lowest BCUT2D eigenvalue weighted by atomic mass is 9.89. The number of fused-ring (bicyclic) bond motifs is 1. The van der Waals surface area contributed by atoms with Crippen molar-refractivity contribution >= 4 is 23.1 Å². The van der Waals surface area contributed by atoms with E-state index in [2.05, 4.69) is 27.9 Å². The SMILES string of the molecule is CC1=C(CC(=O)NCCc2ccncc2)C(C)C(/C=C2\C(=O)Nc3cccc(-c4ccccc4F)c32)N1. The normalized spacial score (nSPS) is 19.5. The molecule has 2 atom stereocenters. The Balaban J connectivity index is 1.32. The number of carbonyl (C=O) groups excluding carboxylic acids is 2. The van der Waals surface area contributed by atoms with E-state index in [0.29, 0.717) is 40.9 Å². The summed E-state index contributed by atoms with van der Waals surface area (Å²) >= 11 is 0. The number of hydrogen-bond acceptors (Lipinski definition) is 4. The average molecular weight is 497 g/mol. The number of carbonyl (C=O) groups is 2. The van der Waals surface area contributed by atoms with Crippen molar-refractivity contribution in [3.8, 4) is 11.1 Å². The number of halogens is 1. The fraction of sp³-hybridized carbons (Fsp3) is 0.233. The van der Waals surface area contributed by atoms with Crippen LogP contribution in [0, 0.1) is 11.7 Å². The Hall–Kier alpha value is -4.26. The molecule has 1 aromatic heterocycles. The number of anilines is 1. The van der Waals surface area contributed by atoms with Crippen molar-refractivity contribution in [2.24, 2.45) is 5.92 Å². The quantitative estimate of drug-likeness (QED) is 0.408. The molecule has 188 valence electrons. The Morgan fingerprint density at radius 1 is 1.08 bits per heavy atom. The molecule has 0 saturated carbocycles. The molecule has 0 fully saturated rings. The monoisotopic (exact) mass is 496 g/mol. The van der Waals surface area contributed by atoms with Crippen molar-refractivity contribution < 1.29 is 14.0 Å². The Morgan fingerprint density at radius 2 is 1.84 bits per heavy atom. The van der Waals surface area contributed by atoms with Gasteiger partial charge >= 0.3 is 0 Å². The lowest BCUT2D eigenvalue weighted by molar-refractivity contribution is -0.120. The highest BCUT2D eigenvalue weighted by Crippen LogP contribution is 2.41. The van der Waals surface area contributed by atoms with Crippen molar-refractivity contribution in [1.82, 2.24) is 15.6 Å². The van der Waals surface area contributed by atoms with Crippen molar-refractivity contribution in [2.45, 2.75) is 32.7 Å². The zero-order valence-corrected chi connectivity index (χ0v) is 20.8.